The van der Waals surface area contributed by atoms with E-state index in [2.05, 4.69) is 66.5 Å². The first-order valence-corrected chi connectivity index (χ1v) is 9.81. The summed E-state index contributed by atoms with van der Waals surface area (Å²) in [4.78, 5) is 14.6. The molecular formula is C23H30N2O2. The van der Waals surface area contributed by atoms with E-state index in [9.17, 15) is 4.79 Å². The van der Waals surface area contributed by atoms with Gasteiger partial charge >= 0.3 is 0 Å². The van der Waals surface area contributed by atoms with Gasteiger partial charge in [-0.1, -0.05) is 42.5 Å². The van der Waals surface area contributed by atoms with Crippen molar-refractivity contribution in [3.05, 3.63) is 70.3 Å². The smallest absolute Gasteiger partial charge is 0.220 e. The van der Waals surface area contributed by atoms with Gasteiger partial charge in [0.05, 0.1) is 13.2 Å². The number of rotatable bonds is 7. The van der Waals surface area contributed by atoms with Crippen molar-refractivity contribution >= 4 is 5.91 Å². The first-order valence-electron chi connectivity index (χ1n) is 9.81. The number of benzene rings is 2. The van der Waals surface area contributed by atoms with Crippen LogP contribution in [0.4, 0.5) is 0 Å². The average Bonchev–Trinajstić information content (AvgIpc) is 2.69. The number of carbonyl (C=O) groups excluding carboxylic acids is 1. The molecule has 1 aliphatic heterocycles. The van der Waals surface area contributed by atoms with Crippen molar-refractivity contribution in [3.8, 4) is 0 Å². The van der Waals surface area contributed by atoms with Crippen LogP contribution in [0.2, 0.25) is 0 Å². The normalized spacial score (nSPS) is 14.9. The number of nitrogens with zero attached hydrogens (tertiary/aromatic N) is 1. The van der Waals surface area contributed by atoms with Crippen LogP contribution >= 0.6 is 0 Å². The first-order chi connectivity index (χ1) is 13.1. The summed E-state index contributed by atoms with van der Waals surface area (Å²) in [5.41, 5.74) is 6.24. The van der Waals surface area contributed by atoms with Gasteiger partial charge in [0.1, 0.15) is 0 Å². The molecular weight excluding hydrogens is 336 g/mol. The molecule has 144 valence electrons. The van der Waals surface area contributed by atoms with Crippen molar-refractivity contribution in [2.24, 2.45) is 0 Å². The van der Waals surface area contributed by atoms with Crippen molar-refractivity contribution < 1.29 is 9.53 Å². The summed E-state index contributed by atoms with van der Waals surface area (Å²) in [6, 6.07) is 15.0. The third-order valence-electron chi connectivity index (χ3n) is 5.23. The molecule has 1 N–H and O–H groups in total. The zero-order valence-corrected chi connectivity index (χ0v) is 16.5. The van der Waals surface area contributed by atoms with Crippen molar-refractivity contribution in [3.63, 3.8) is 0 Å². The molecule has 1 saturated heterocycles. The Balaban J connectivity index is 1.41. The number of nitrogens with one attached hydrogen (secondary N) is 1. The van der Waals surface area contributed by atoms with E-state index in [4.69, 9.17) is 4.74 Å². The molecule has 4 heteroatoms. The second-order valence-electron chi connectivity index (χ2n) is 7.40. The lowest BCUT2D eigenvalue weighted by molar-refractivity contribution is -0.121. The van der Waals surface area contributed by atoms with Gasteiger partial charge < -0.3 is 10.1 Å². The Labute approximate surface area is 162 Å². The molecule has 0 unspecified atom stereocenters. The molecule has 4 nitrogen and oxygen atoms in total. The summed E-state index contributed by atoms with van der Waals surface area (Å²) in [7, 11) is 0. The predicted molar refractivity (Wildman–Crippen MR) is 109 cm³/mol. The minimum Gasteiger partial charge on any atom is -0.379 e. The lowest BCUT2D eigenvalue weighted by atomic mass is 10.0. The highest BCUT2D eigenvalue weighted by molar-refractivity contribution is 5.76. The molecule has 2 aromatic rings. The highest BCUT2D eigenvalue weighted by atomic mass is 16.5. The van der Waals surface area contributed by atoms with Gasteiger partial charge in [0, 0.05) is 32.6 Å². The maximum absolute atomic E-state index is 12.1. The summed E-state index contributed by atoms with van der Waals surface area (Å²) >= 11 is 0. The Hall–Kier alpha value is -2.17. The summed E-state index contributed by atoms with van der Waals surface area (Å²) < 4.78 is 5.39. The SMILES string of the molecule is Cc1ccc(CCC(=O)NCc2ccc(CN3CCOCC3)cc2)cc1C. The number of hydrogen-bond acceptors (Lipinski definition) is 3. The fraction of sp³-hybridized carbons (Fsp3) is 0.435. The molecule has 0 bridgehead atoms. The molecule has 1 fully saturated rings. The molecule has 0 aromatic heterocycles. The topological polar surface area (TPSA) is 41.6 Å². The van der Waals surface area contributed by atoms with E-state index in [-0.39, 0.29) is 5.91 Å². The number of carbonyl (C=O) groups is 1. The largest absolute Gasteiger partial charge is 0.379 e. The third-order valence-corrected chi connectivity index (χ3v) is 5.23. The lowest BCUT2D eigenvalue weighted by Gasteiger charge is -2.26. The monoisotopic (exact) mass is 366 g/mol. The van der Waals surface area contributed by atoms with Crippen molar-refractivity contribution in [2.75, 3.05) is 26.3 Å². The Morgan fingerprint density at radius 2 is 1.63 bits per heavy atom. The molecule has 0 aliphatic carbocycles. The highest BCUT2D eigenvalue weighted by Gasteiger charge is 2.10. The van der Waals surface area contributed by atoms with Gasteiger partial charge in [-0.3, -0.25) is 9.69 Å². The average molecular weight is 367 g/mol. The van der Waals surface area contributed by atoms with Crippen LogP contribution in [0, 0.1) is 13.8 Å². The maximum atomic E-state index is 12.1. The van der Waals surface area contributed by atoms with Gasteiger partial charge in [0.15, 0.2) is 0 Å². The van der Waals surface area contributed by atoms with Gasteiger partial charge in [-0.25, -0.2) is 0 Å². The second kappa shape index (κ2) is 9.67. The Morgan fingerprint density at radius 1 is 0.963 bits per heavy atom. The summed E-state index contributed by atoms with van der Waals surface area (Å²) in [5.74, 6) is 0.102. The minimum absolute atomic E-state index is 0.102. The van der Waals surface area contributed by atoms with Crippen LogP contribution in [0.5, 0.6) is 0 Å². The first kappa shape index (κ1) is 19.6. The molecule has 1 amide bonds. The molecule has 0 saturated carbocycles. The number of amides is 1. The number of hydrogen-bond donors (Lipinski definition) is 1. The van der Waals surface area contributed by atoms with E-state index in [0.29, 0.717) is 13.0 Å². The van der Waals surface area contributed by atoms with Gasteiger partial charge in [-0.2, -0.15) is 0 Å². The van der Waals surface area contributed by atoms with Crippen LogP contribution in [-0.4, -0.2) is 37.1 Å². The van der Waals surface area contributed by atoms with Crippen LogP contribution in [0.3, 0.4) is 0 Å². The molecule has 27 heavy (non-hydrogen) atoms. The Morgan fingerprint density at radius 3 is 2.33 bits per heavy atom. The van der Waals surface area contributed by atoms with E-state index in [1.165, 1.54) is 22.3 Å². The molecule has 0 atom stereocenters. The summed E-state index contributed by atoms with van der Waals surface area (Å²) in [6.45, 7) is 9.42. The van der Waals surface area contributed by atoms with Crippen LogP contribution in [-0.2, 0) is 29.0 Å². The van der Waals surface area contributed by atoms with E-state index in [0.717, 1.165) is 44.8 Å². The fourth-order valence-electron chi connectivity index (χ4n) is 3.29. The molecule has 2 aromatic carbocycles. The van der Waals surface area contributed by atoms with Gasteiger partial charge in [0.25, 0.3) is 0 Å². The third kappa shape index (κ3) is 6.19. The fourth-order valence-corrected chi connectivity index (χ4v) is 3.29. The molecule has 0 radical (unpaired) electrons. The summed E-state index contributed by atoms with van der Waals surface area (Å²) in [6.07, 6.45) is 1.31. The molecule has 1 heterocycles. The molecule has 1 aliphatic rings. The Kier molecular flexibility index (Phi) is 7.02. The van der Waals surface area contributed by atoms with E-state index in [1.807, 2.05) is 0 Å². The maximum Gasteiger partial charge on any atom is 0.220 e. The minimum atomic E-state index is 0.102. The van der Waals surface area contributed by atoms with Gasteiger partial charge in [0.2, 0.25) is 5.91 Å². The zero-order valence-electron chi connectivity index (χ0n) is 16.5. The predicted octanol–water partition coefficient (Wildman–Crippen LogP) is 3.38. The summed E-state index contributed by atoms with van der Waals surface area (Å²) in [5, 5.41) is 3.03. The highest BCUT2D eigenvalue weighted by Crippen LogP contribution is 2.12. The zero-order chi connectivity index (χ0) is 19.1. The van der Waals surface area contributed by atoms with Gasteiger partial charge in [-0.15, -0.1) is 0 Å². The van der Waals surface area contributed by atoms with Crippen molar-refractivity contribution in [1.82, 2.24) is 10.2 Å². The lowest BCUT2D eigenvalue weighted by Crippen LogP contribution is -2.35. The van der Waals surface area contributed by atoms with Crippen LogP contribution in [0.25, 0.3) is 0 Å². The van der Waals surface area contributed by atoms with Crippen molar-refractivity contribution in [1.29, 1.82) is 0 Å². The standard InChI is InChI=1S/C23H30N2O2/c1-18-3-4-20(15-19(18)2)9-10-23(26)24-16-21-5-7-22(8-6-21)17-25-11-13-27-14-12-25/h3-8,15H,9-14,16-17H2,1-2H3,(H,24,26). The van der Waals surface area contributed by atoms with Crippen LogP contribution < -0.4 is 5.32 Å². The van der Waals surface area contributed by atoms with Gasteiger partial charge in [-0.05, 0) is 48.1 Å². The van der Waals surface area contributed by atoms with Crippen LogP contribution in [0.1, 0.15) is 34.2 Å². The molecule has 3 rings (SSSR count). The number of ether oxygens (including phenoxy) is 1. The molecule has 0 spiro atoms. The number of morpholine rings is 1. The van der Waals surface area contributed by atoms with E-state index >= 15 is 0 Å². The van der Waals surface area contributed by atoms with Crippen molar-refractivity contribution in [2.45, 2.75) is 39.8 Å². The quantitative estimate of drug-likeness (QED) is 0.817. The number of aryl methyl sites for hydroxylation is 3. The van der Waals surface area contributed by atoms with E-state index in [1.54, 1.807) is 0 Å². The Bertz CT molecular complexity index is 749. The van der Waals surface area contributed by atoms with Crippen LogP contribution in [0.15, 0.2) is 42.5 Å². The second-order valence-corrected chi connectivity index (χ2v) is 7.40. The van der Waals surface area contributed by atoms with E-state index < -0.39 is 0 Å².